The predicted molar refractivity (Wildman–Crippen MR) is 167 cm³/mol. The molecule has 224 valence electrons. The Kier molecular flexibility index (Phi) is 9.74. The van der Waals surface area contributed by atoms with Crippen LogP contribution in [0, 0.1) is 31.6 Å². The molecule has 3 aliphatic heterocycles. The number of aliphatic hydroxyl groups is 1. The number of benzene rings is 1. The molecule has 7 atom stereocenters. The molecule has 1 N–H and O–H groups in total. The van der Waals surface area contributed by atoms with Crippen LogP contribution < -0.4 is 4.90 Å². The van der Waals surface area contributed by atoms with Gasteiger partial charge in [0.1, 0.15) is 6.04 Å². The van der Waals surface area contributed by atoms with Crippen LogP contribution in [0.1, 0.15) is 57.6 Å². The van der Waals surface area contributed by atoms with Crippen molar-refractivity contribution in [3.8, 4) is 0 Å². The molecular weight excluding hydrogens is 534 g/mol. The summed E-state index contributed by atoms with van der Waals surface area (Å²) in [6, 6.07) is 4.67. The monoisotopic (exact) mass is 581 g/mol. The summed E-state index contributed by atoms with van der Waals surface area (Å²) in [5, 5.41) is 10.6. The molecule has 8 heteroatoms. The van der Waals surface area contributed by atoms with Crippen molar-refractivity contribution >= 4 is 35.2 Å². The maximum absolute atomic E-state index is 14.9. The number of hydrogen-bond acceptors (Lipinski definition) is 5. The van der Waals surface area contributed by atoms with Gasteiger partial charge in [-0.2, -0.15) is 0 Å². The zero-order valence-electron chi connectivity index (χ0n) is 25.3. The van der Waals surface area contributed by atoms with Crippen molar-refractivity contribution in [2.24, 2.45) is 17.8 Å². The van der Waals surface area contributed by atoms with Gasteiger partial charge >= 0.3 is 0 Å². The molecule has 4 rings (SSSR count). The maximum Gasteiger partial charge on any atom is 0.251 e. The lowest BCUT2D eigenvalue weighted by molar-refractivity contribution is -0.146. The smallest absolute Gasteiger partial charge is 0.251 e. The Labute approximate surface area is 250 Å². The molecule has 1 aromatic carbocycles. The number of aryl methyl sites for hydroxylation is 2. The lowest BCUT2D eigenvalue weighted by Gasteiger charge is -2.41. The fourth-order valence-corrected chi connectivity index (χ4v) is 9.74. The average molecular weight is 582 g/mol. The second kappa shape index (κ2) is 12.7. The van der Waals surface area contributed by atoms with Gasteiger partial charge in [0.15, 0.2) is 0 Å². The lowest BCUT2D eigenvalue weighted by atomic mass is 9.70. The van der Waals surface area contributed by atoms with Gasteiger partial charge in [-0.3, -0.25) is 14.4 Å². The SMILES string of the molecule is C=CCN(CCC)C(=O)[C@@H]1[C@@H]2CCC3(S2)C(C(=O)N(CC=C)c2c(C)cccc2C)N([C@@H](CO)[C@@H](C)CC)C(=O)[C@H]13. The molecule has 41 heavy (non-hydrogen) atoms. The minimum absolute atomic E-state index is 0.0118. The van der Waals surface area contributed by atoms with Crippen molar-refractivity contribution in [1.82, 2.24) is 9.80 Å². The normalized spacial score (nSPS) is 27.9. The van der Waals surface area contributed by atoms with E-state index in [0.29, 0.717) is 26.1 Å². The van der Waals surface area contributed by atoms with Crippen LogP contribution in [0.3, 0.4) is 0 Å². The van der Waals surface area contributed by atoms with Gasteiger partial charge in [-0.15, -0.1) is 24.9 Å². The Morgan fingerprint density at radius 3 is 2.39 bits per heavy atom. The summed E-state index contributed by atoms with van der Waals surface area (Å²) in [6.45, 7) is 19.0. The van der Waals surface area contributed by atoms with E-state index in [4.69, 9.17) is 0 Å². The molecule has 3 saturated heterocycles. The Balaban J connectivity index is 1.86. The molecule has 3 aliphatic rings. The number of carbonyl (C=O) groups excluding carboxylic acids is 3. The summed E-state index contributed by atoms with van der Waals surface area (Å²) in [5.74, 6) is -1.44. The van der Waals surface area contributed by atoms with Gasteiger partial charge in [-0.05, 0) is 50.2 Å². The first kappa shape index (κ1) is 31.4. The number of para-hydroxylation sites is 1. The van der Waals surface area contributed by atoms with Crippen LogP contribution in [0.5, 0.6) is 0 Å². The van der Waals surface area contributed by atoms with Gasteiger partial charge in [0, 0.05) is 30.6 Å². The second-order valence-corrected chi connectivity index (χ2v) is 13.6. The molecule has 1 aromatic rings. The van der Waals surface area contributed by atoms with Gasteiger partial charge in [-0.25, -0.2) is 0 Å². The number of carbonyl (C=O) groups is 3. The van der Waals surface area contributed by atoms with E-state index in [1.165, 1.54) is 0 Å². The summed E-state index contributed by atoms with van der Waals surface area (Å²) in [6.07, 6.45) is 6.51. The third-order valence-corrected chi connectivity index (χ3v) is 11.5. The second-order valence-electron chi connectivity index (χ2n) is 12.0. The standard InChI is InChI=1S/C33H47N3O4S/c1-8-17-34(18-9-2)30(38)26-25-15-16-33(41-25)27(26)31(39)36(24(20-37)21(5)11-4)29(33)32(40)35(19-10-3)28-22(6)13-12-14-23(28)7/h8,10,12-14,21,24-27,29,37H,1,3,9,11,15-20H2,2,4-7H3/t21-,24-,25-,26+,27-,29?,33?/m0/s1. The summed E-state index contributed by atoms with van der Waals surface area (Å²) in [4.78, 5) is 49.0. The van der Waals surface area contributed by atoms with Crippen molar-refractivity contribution in [2.45, 2.75) is 82.4 Å². The van der Waals surface area contributed by atoms with E-state index < -0.39 is 28.7 Å². The Hall–Kier alpha value is -2.58. The molecule has 1 spiro atoms. The van der Waals surface area contributed by atoms with Gasteiger partial charge in [0.05, 0.1) is 29.2 Å². The number of hydrogen-bond donors (Lipinski definition) is 1. The zero-order valence-corrected chi connectivity index (χ0v) is 26.2. The maximum atomic E-state index is 14.9. The molecule has 0 radical (unpaired) electrons. The molecule has 0 saturated carbocycles. The van der Waals surface area contributed by atoms with Crippen LogP contribution in [0.15, 0.2) is 43.5 Å². The van der Waals surface area contributed by atoms with E-state index in [2.05, 4.69) is 13.2 Å². The lowest BCUT2D eigenvalue weighted by Crippen LogP contribution is -2.59. The highest BCUT2D eigenvalue weighted by molar-refractivity contribution is 8.02. The highest BCUT2D eigenvalue weighted by atomic mass is 32.2. The molecule has 7 nitrogen and oxygen atoms in total. The van der Waals surface area contributed by atoms with E-state index in [1.807, 2.05) is 57.7 Å². The zero-order chi connectivity index (χ0) is 30.1. The topological polar surface area (TPSA) is 81.2 Å². The van der Waals surface area contributed by atoms with E-state index in [-0.39, 0.29) is 35.5 Å². The van der Waals surface area contributed by atoms with Crippen molar-refractivity contribution in [3.05, 3.63) is 54.6 Å². The van der Waals surface area contributed by atoms with Crippen LogP contribution in [0.25, 0.3) is 0 Å². The average Bonchev–Trinajstić information content (AvgIpc) is 3.59. The van der Waals surface area contributed by atoms with Crippen LogP contribution >= 0.6 is 11.8 Å². The van der Waals surface area contributed by atoms with Crippen LogP contribution in [0.4, 0.5) is 5.69 Å². The molecule has 3 fully saturated rings. The number of amides is 3. The van der Waals surface area contributed by atoms with E-state index in [1.54, 1.807) is 33.7 Å². The Bertz CT molecular complexity index is 1170. The first-order valence-electron chi connectivity index (χ1n) is 15.1. The van der Waals surface area contributed by atoms with E-state index >= 15 is 0 Å². The van der Waals surface area contributed by atoms with Gasteiger partial charge in [0.25, 0.3) is 5.91 Å². The quantitative estimate of drug-likeness (QED) is 0.340. The molecule has 3 amide bonds. The highest BCUT2D eigenvalue weighted by Crippen LogP contribution is 2.67. The number of thioether (sulfide) groups is 1. The summed E-state index contributed by atoms with van der Waals surface area (Å²) < 4.78 is -0.720. The fraction of sp³-hybridized carbons (Fsp3) is 0.606. The molecular formula is C33H47N3O4S. The molecule has 2 unspecified atom stereocenters. The minimum Gasteiger partial charge on any atom is -0.394 e. The minimum atomic E-state index is -0.781. The Morgan fingerprint density at radius 1 is 1.17 bits per heavy atom. The highest BCUT2D eigenvalue weighted by Gasteiger charge is 2.74. The van der Waals surface area contributed by atoms with Crippen molar-refractivity contribution in [2.75, 3.05) is 31.1 Å². The van der Waals surface area contributed by atoms with Gasteiger partial charge < -0.3 is 19.8 Å². The number of fused-ring (bicyclic) bond motifs is 1. The molecule has 0 aliphatic carbocycles. The van der Waals surface area contributed by atoms with Crippen molar-refractivity contribution < 1.29 is 19.5 Å². The first-order chi connectivity index (χ1) is 19.6. The number of rotatable bonds is 13. The van der Waals surface area contributed by atoms with Crippen LogP contribution in [-0.2, 0) is 14.4 Å². The largest absolute Gasteiger partial charge is 0.394 e. The third-order valence-electron chi connectivity index (χ3n) is 9.54. The van der Waals surface area contributed by atoms with Crippen molar-refractivity contribution in [1.29, 1.82) is 0 Å². The van der Waals surface area contributed by atoms with E-state index in [9.17, 15) is 19.5 Å². The number of aliphatic hydroxyl groups excluding tert-OH is 1. The summed E-state index contributed by atoms with van der Waals surface area (Å²) in [5.41, 5.74) is 2.78. The summed E-state index contributed by atoms with van der Waals surface area (Å²) >= 11 is 1.68. The van der Waals surface area contributed by atoms with Gasteiger partial charge in [-0.1, -0.05) is 57.5 Å². The molecule has 2 bridgehead atoms. The predicted octanol–water partition coefficient (Wildman–Crippen LogP) is 4.75. The number of nitrogens with zero attached hydrogens (tertiary/aromatic N) is 3. The molecule has 0 aromatic heterocycles. The molecule has 3 heterocycles. The van der Waals surface area contributed by atoms with Gasteiger partial charge in [0.2, 0.25) is 11.8 Å². The third kappa shape index (κ3) is 5.16. The van der Waals surface area contributed by atoms with Crippen LogP contribution in [0.2, 0.25) is 0 Å². The number of likely N-dealkylation sites (tertiary alicyclic amines) is 1. The van der Waals surface area contributed by atoms with E-state index in [0.717, 1.165) is 36.1 Å². The fourth-order valence-electron chi connectivity index (χ4n) is 7.55. The van der Waals surface area contributed by atoms with Crippen LogP contribution in [-0.4, -0.2) is 80.9 Å². The summed E-state index contributed by atoms with van der Waals surface area (Å²) in [7, 11) is 0. The first-order valence-corrected chi connectivity index (χ1v) is 16.0. The Morgan fingerprint density at radius 2 is 1.83 bits per heavy atom. The van der Waals surface area contributed by atoms with Crippen molar-refractivity contribution in [3.63, 3.8) is 0 Å². The number of anilines is 1.